The van der Waals surface area contributed by atoms with E-state index in [4.69, 9.17) is 0 Å². The van der Waals surface area contributed by atoms with Crippen molar-refractivity contribution in [2.75, 3.05) is 0 Å². The van der Waals surface area contributed by atoms with E-state index in [1.807, 2.05) is 16.8 Å². The molecule has 50 valence electrons. The molecule has 4 heteroatoms. The van der Waals surface area contributed by atoms with Gasteiger partial charge in [0.05, 0.1) is 0 Å². The van der Waals surface area contributed by atoms with Crippen molar-refractivity contribution < 1.29 is 0 Å². The largest absolute Gasteiger partial charge is 0.290 e. The predicted octanol–water partition coefficient (Wildman–Crippen LogP) is 1.33. The van der Waals surface area contributed by atoms with Gasteiger partial charge in [-0.2, -0.15) is 0 Å². The van der Waals surface area contributed by atoms with Gasteiger partial charge >= 0.3 is 0 Å². The molecule has 0 saturated carbocycles. The van der Waals surface area contributed by atoms with Crippen LogP contribution < -0.4 is 0 Å². The molecule has 0 unspecified atom stereocenters. The molecule has 2 aromatic rings. The molecule has 3 nitrogen and oxygen atoms in total. The van der Waals surface area contributed by atoms with Gasteiger partial charge in [-0.3, -0.25) is 4.40 Å². The molecule has 0 amide bonds. The molecule has 2 rings (SSSR count). The van der Waals surface area contributed by atoms with Gasteiger partial charge in [-0.05, 0) is 22.6 Å². The zero-order chi connectivity index (χ0) is 6.97. The number of hydrogen-bond donors (Lipinski definition) is 0. The van der Waals surface area contributed by atoms with Gasteiger partial charge in [0, 0.05) is 28.4 Å². The Morgan fingerprint density at radius 2 is 2.30 bits per heavy atom. The Kier molecular flexibility index (Phi) is 1.33. The van der Waals surface area contributed by atoms with Crippen LogP contribution in [0.25, 0.3) is 5.78 Å². The highest BCUT2D eigenvalue weighted by atomic mass is 127. The van der Waals surface area contributed by atoms with Crippen LogP contribution in [0.15, 0.2) is 24.8 Å². The summed E-state index contributed by atoms with van der Waals surface area (Å²) in [4.78, 5) is 8.09. The normalized spacial score (nSPS) is 10.5. The van der Waals surface area contributed by atoms with Gasteiger partial charge in [0.2, 0.25) is 5.78 Å². The Bertz CT molecular complexity index is 355. The molecule has 10 heavy (non-hydrogen) atoms. The van der Waals surface area contributed by atoms with E-state index in [9.17, 15) is 0 Å². The molecule has 0 atom stereocenters. The van der Waals surface area contributed by atoms with Gasteiger partial charge < -0.3 is 0 Å². The Morgan fingerprint density at radius 3 is 3.20 bits per heavy atom. The first kappa shape index (κ1) is 6.09. The van der Waals surface area contributed by atoms with Crippen molar-refractivity contribution >= 4 is 28.4 Å². The van der Waals surface area contributed by atoms with E-state index >= 15 is 0 Å². The summed E-state index contributed by atoms with van der Waals surface area (Å²) in [6, 6.07) is 0. The van der Waals surface area contributed by atoms with Crippen LogP contribution in [-0.2, 0) is 0 Å². The molecular formula is C6H4IN3. The molecule has 0 radical (unpaired) electrons. The van der Waals surface area contributed by atoms with Gasteiger partial charge in [-0.25, -0.2) is 9.97 Å². The molecule has 0 aliphatic rings. The number of halogens is 1. The molecule has 0 N–H and O–H groups in total. The SMILES string of the molecule is Ic1cnc2nccn2c1. The van der Waals surface area contributed by atoms with Crippen molar-refractivity contribution in [1.82, 2.24) is 14.4 Å². The molecule has 0 aliphatic heterocycles. The van der Waals surface area contributed by atoms with Crippen LogP contribution in [0, 0.1) is 3.57 Å². The summed E-state index contributed by atoms with van der Waals surface area (Å²) in [7, 11) is 0. The lowest BCUT2D eigenvalue weighted by Crippen LogP contribution is -1.87. The lowest BCUT2D eigenvalue weighted by molar-refractivity contribution is 1.09. The van der Waals surface area contributed by atoms with Crippen LogP contribution in [-0.4, -0.2) is 14.4 Å². The molecule has 0 aliphatic carbocycles. The van der Waals surface area contributed by atoms with Crippen LogP contribution in [0.2, 0.25) is 0 Å². The molecule has 2 heterocycles. The highest BCUT2D eigenvalue weighted by molar-refractivity contribution is 14.1. The molecule has 2 aromatic heterocycles. The van der Waals surface area contributed by atoms with E-state index < -0.39 is 0 Å². The maximum atomic E-state index is 4.09. The van der Waals surface area contributed by atoms with E-state index in [2.05, 4.69) is 32.6 Å². The summed E-state index contributed by atoms with van der Waals surface area (Å²) in [5.74, 6) is 0.750. The summed E-state index contributed by atoms with van der Waals surface area (Å²) >= 11 is 2.21. The first-order chi connectivity index (χ1) is 4.86. The fourth-order valence-corrected chi connectivity index (χ4v) is 1.23. The summed E-state index contributed by atoms with van der Waals surface area (Å²) in [5, 5.41) is 0. The van der Waals surface area contributed by atoms with Crippen LogP contribution in [0.3, 0.4) is 0 Å². The molecule has 0 bridgehead atoms. The topological polar surface area (TPSA) is 30.2 Å². The Morgan fingerprint density at radius 1 is 1.40 bits per heavy atom. The number of rotatable bonds is 0. The van der Waals surface area contributed by atoms with Crippen molar-refractivity contribution in [2.45, 2.75) is 0 Å². The van der Waals surface area contributed by atoms with Crippen molar-refractivity contribution in [3.8, 4) is 0 Å². The fourth-order valence-electron chi connectivity index (χ4n) is 0.792. The quantitative estimate of drug-likeness (QED) is 0.655. The third-order valence-electron chi connectivity index (χ3n) is 1.21. The zero-order valence-corrected chi connectivity index (χ0v) is 7.19. The average molecular weight is 245 g/mol. The second kappa shape index (κ2) is 2.19. The monoisotopic (exact) mass is 245 g/mol. The van der Waals surface area contributed by atoms with Crippen LogP contribution in [0.4, 0.5) is 0 Å². The van der Waals surface area contributed by atoms with Crippen LogP contribution in [0.1, 0.15) is 0 Å². The second-order valence-corrected chi connectivity index (χ2v) is 3.15. The average Bonchev–Trinajstić information content (AvgIpc) is 2.33. The van der Waals surface area contributed by atoms with Gasteiger partial charge in [-0.15, -0.1) is 0 Å². The molecule has 0 saturated heterocycles. The summed E-state index contributed by atoms with van der Waals surface area (Å²) in [6.07, 6.45) is 7.39. The number of imidazole rings is 1. The standard InChI is InChI=1S/C6H4IN3/c7-5-3-9-6-8-1-2-10(6)4-5/h1-4H. The zero-order valence-electron chi connectivity index (χ0n) is 5.03. The summed E-state index contributed by atoms with van der Waals surface area (Å²) in [6.45, 7) is 0. The van der Waals surface area contributed by atoms with E-state index in [-0.39, 0.29) is 0 Å². The number of nitrogens with zero attached hydrogens (tertiary/aromatic N) is 3. The van der Waals surface area contributed by atoms with E-state index in [0.717, 1.165) is 9.35 Å². The summed E-state index contributed by atoms with van der Waals surface area (Å²) < 4.78 is 3.00. The molecular weight excluding hydrogens is 241 g/mol. The maximum absolute atomic E-state index is 4.09. The second-order valence-electron chi connectivity index (χ2n) is 1.91. The van der Waals surface area contributed by atoms with E-state index in [1.165, 1.54) is 0 Å². The predicted molar refractivity (Wildman–Crippen MR) is 45.7 cm³/mol. The van der Waals surface area contributed by atoms with Crippen molar-refractivity contribution in [3.05, 3.63) is 28.4 Å². The summed E-state index contributed by atoms with van der Waals surface area (Å²) in [5.41, 5.74) is 0. The van der Waals surface area contributed by atoms with Gasteiger partial charge in [-0.1, -0.05) is 0 Å². The first-order valence-corrected chi connectivity index (χ1v) is 3.88. The Balaban J connectivity index is 2.86. The highest BCUT2D eigenvalue weighted by Crippen LogP contribution is 2.02. The first-order valence-electron chi connectivity index (χ1n) is 2.80. The Hall–Kier alpha value is -0.650. The minimum Gasteiger partial charge on any atom is -0.290 e. The van der Waals surface area contributed by atoms with Crippen molar-refractivity contribution in [1.29, 1.82) is 0 Å². The van der Waals surface area contributed by atoms with Gasteiger partial charge in [0.1, 0.15) is 0 Å². The van der Waals surface area contributed by atoms with E-state index in [0.29, 0.717) is 0 Å². The van der Waals surface area contributed by atoms with Crippen molar-refractivity contribution in [2.24, 2.45) is 0 Å². The minimum absolute atomic E-state index is 0.750. The van der Waals surface area contributed by atoms with Crippen LogP contribution >= 0.6 is 22.6 Å². The molecule has 0 fully saturated rings. The lowest BCUT2D eigenvalue weighted by Gasteiger charge is -1.90. The maximum Gasteiger partial charge on any atom is 0.233 e. The van der Waals surface area contributed by atoms with Crippen LogP contribution in [0.5, 0.6) is 0 Å². The number of fused-ring (bicyclic) bond motifs is 1. The van der Waals surface area contributed by atoms with E-state index in [1.54, 1.807) is 12.4 Å². The third-order valence-corrected chi connectivity index (χ3v) is 1.77. The minimum atomic E-state index is 0.750. The fraction of sp³-hybridized carbons (Fsp3) is 0. The van der Waals surface area contributed by atoms with Gasteiger partial charge in [0.25, 0.3) is 0 Å². The smallest absolute Gasteiger partial charge is 0.233 e. The number of hydrogen-bond acceptors (Lipinski definition) is 2. The Labute approximate surface area is 71.3 Å². The van der Waals surface area contributed by atoms with Gasteiger partial charge in [0.15, 0.2) is 0 Å². The highest BCUT2D eigenvalue weighted by Gasteiger charge is 1.92. The third kappa shape index (κ3) is 0.880. The molecule has 0 spiro atoms. The lowest BCUT2D eigenvalue weighted by atomic mass is 10.7. The molecule has 0 aromatic carbocycles. The number of aromatic nitrogens is 3. The van der Waals surface area contributed by atoms with Crippen molar-refractivity contribution in [3.63, 3.8) is 0 Å².